The standard InChI is InChI=1S/C10H18O3/c1-8(11)13-7-10(12)9-5-3-2-4-6-9/h9-10,12H,2-7H2,1H3. The maximum atomic E-state index is 10.5. The minimum Gasteiger partial charge on any atom is -0.463 e. The van der Waals surface area contributed by atoms with Gasteiger partial charge in [0, 0.05) is 6.92 Å². The van der Waals surface area contributed by atoms with Crippen LogP contribution in [-0.2, 0) is 9.53 Å². The molecule has 0 spiro atoms. The number of aliphatic hydroxyl groups excluding tert-OH is 1. The van der Waals surface area contributed by atoms with E-state index < -0.39 is 6.10 Å². The van der Waals surface area contributed by atoms with Crippen LogP contribution < -0.4 is 0 Å². The van der Waals surface area contributed by atoms with Crippen molar-refractivity contribution in [1.29, 1.82) is 0 Å². The number of rotatable bonds is 3. The zero-order valence-corrected chi connectivity index (χ0v) is 8.16. The van der Waals surface area contributed by atoms with Crippen LogP contribution >= 0.6 is 0 Å². The highest BCUT2D eigenvalue weighted by molar-refractivity contribution is 5.65. The molecule has 13 heavy (non-hydrogen) atoms. The van der Waals surface area contributed by atoms with E-state index in [4.69, 9.17) is 4.74 Å². The first-order valence-corrected chi connectivity index (χ1v) is 5.01. The zero-order valence-electron chi connectivity index (χ0n) is 8.16. The van der Waals surface area contributed by atoms with Crippen molar-refractivity contribution in [3.05, 3.63) is 0 Å². The van der Waals surface area contributed by atoms with E-state index in [-0.39, 0.29) is 12.6 Å². The third kappa shape index (κ3) is 3.77. The largest absolute Gasteiger partial charge is 0.463 e. The van der Waals surface area contributed by atoms with Gasteiger partial charge < -0.3 is 9.84 Å². The molecule has 0 heterocycles. The first-order chi connectivity index (χ1) is 6.20. The fraction of sp³-hybridized carbons (Fsp3) is 0.900. The van der Waals surface area contributed by atoms with Crippen molar-refractivity contribution >= 4 is 5.97 Å². The summed E-state index contributed by atoms with van der Waals surface area (Å²) in [5.41, 5.74) is 0. The molecule has 0 aromatic rings. The lowest BCUT2D eigenvalue weighted by Gasteiger charge is -2.25. The minimum absolute atomic E-state index is 0.167. The van der Waals surface area contributed by atoms with Gasteiger partial charge in [-0.25, -0.2) is 0 Å². The van der Waals surface area contributed by atoms with Crippen LogP contribution in [0.4, 0.5) is 0 Å². The molecule has 0 aromatic carbocycles. The van der Waals surface area contributed by atoms with Gasteiger partial charge in [0.15, 0.2) is 0 Å². The van der Waals surface area contributed by atoms with E-state index in [0.29, 0.717) is 5.92 Å². The summed E-state index contributed by atoms with van der Waals surface area (Å²) in [7, 11) is 0. The number of hydrogen-bond donors (Lipinski definition) is 1. The van der Waals surface area contributed by atoms with E-state index in [0.717, 1.165) is 12.8 Å². The normalized spacial score (nSPS) is 21.1. The molecule has 3 nitrogen and oxygen atoms in total. The second kappa shape index (κ2) is 5.22. The number of ether oxygens (including phenoxy) is 1. The molecule has 1 saturated carbocycles. The highest BCUT2D eigenvalue weighted by Gasteiger charge is 2.22. The SMILES string of the molecule is CC(=O)OCC(O)C1CCCCC1. The maximum absolute atomic E-state index is 10.5. The Labute approximate surface area is 79.1 Å². The van der Waals surface area contributed by atoms with Crippen LogP contribution in [0.15, 0.2) is 0 Å². The van der Waals surface area contributed by atoms with E-state index in [1.807, 2.05) is 0 Å². The van der Waals surface area contributed by atoms with Gasteiger partial charge in [-0.05, 0) is 18.8 Å². The van der Waals surface area contributed by atoms with E-state index in [9.17, 15) is 9.90 Å². The second-order valence-electron chi connectivity index (χ2n) is 3.77. The topological polar surface area (TPSA) is 46.5 Å². The lowest BCUT2D eigenvalue weighted by molar-refractivity contribution is -0.145. The predicted octanol–water partition coefficient (Wildman–Crippen LogP) is 1.49. The number of carbonyl (C=O) groups excluding carboxylic acids is 1. The van der Waals surface area contributed by atoms with Gasteiger partial charge in [0.25, 0.3) is 0 Å². The summed E-state index contributed by atoms with van der Waals surface area (Å²) in [4.78, 5) is 10.5. The van der Waals surface area contributed by atoms with Crippen LogP contribution in [0.2, 0.25) is 0 Å². The number of aliphatic hydroxyl groups is 1. The van der Waals surface area contributed by atoms with Crippen LogP contribution in [0, 0.1) is 5.92 Å². The molecule has 1 unspecified atom stereocenters. The molecule has 0 saturated heterocycles. The van der Waals surface area contributed by atoms with Crippen LogP contribution in [0.3, 0.4) is 0 Å². The number of esters is 1. The first kappa shape index (κ1) is 10.5. The molecule has 1 rings (SSSR count). The van der Waals surface area contributed by atoms with Crippen molar-refractivity contribution in [1.82, 2.24) is 0 Å². The highest BCUT2D eigenvalue weighted by atomic mass is 16.5. The zero-order chi connectivity index (χ0) is 9.68. The van der Waals surface area contributed by atoms with Gasteiger partial charge in [0.1, 0.15) is 6.61 Å². The molecular formula is C10H18O3. The number of hydrogen-bond acceptors (Lipinski definition) is 3. The molecule has 1 aliphatic rings. The van der Waals surface area contributed by atoms with Crippen molar-refractivity contribution in [2.24, 2.45) is 5.92 Å². The summed E-state index contributed by atoms with van der Waals surface area (Å²) in [6.07, 6.45) is 5.36. The van der Waals surface area contributed by atoms with Crippen LogP contribution in [0.1, 0.15) is 39.0 Å². The Kier molecular flexibility index (Phi) is 4.22. The lowest BCUT2D eigenvalue weighted by atomic mass is 9.85. The van der Waals surface area contributed by atoms with E-state index >= 15 is 0 Å². The lowest BCUT2D eigenvalue weighted by Crippen LogP contribution is -2.28. The minimum atomic E-state index is -0.454. The average Bonchev–Trinajstić information content (AvgIpc) is 2.15. The molecule has 1 atom stereocenters. The molecule has 0 bridgehead atoms. The molecule has 0 aromatic heterocycles. The summed E-state index contributed by atoms with van der Waals surface area (Å²) in [5.74, 6) is 0.0305. The first-order valence-electron chi connectivity index (χ1n) is 5.01. The molecule has 1 fully saturated rings. The fourth-order valence-corrected chi connectivity index (χ4v) is 1.86. The van der Waals surface area contributed by atoms with E-state index in [1.54, 1.807) is 0 Å². The summed E-state index contributed by atoms with van der Waals surface area (Å²) < 4.78 is 4.77. The van der Waals surface area contributed by atoms with Crippen molar-refractivity contribution < 1.29 is 14.6 Å². The van der Waals surface area contributed by atoms with Crippen molar-refractivity contribution in [2.75, 3.05) is 6.61 Å². The van der Waals surface area contributed by atoms with Gasteiger partial charge in [-0.2, -0.15) is 0 Å². The van der Waals surface area contributed by atoms with Crippen LogP contribution in [-0.4, -0.2) is 23.8 Å². The molecule has 0 aliphatic heterocycles. The van der Waals surface area contributed by atoms with Crippen molar-refractivity contribution in [3.63, 3.8) is 0 Å². The smallest absolute Gasteiger partial charge is 0.302 e. The van der Waals surface area contributed by atoms with Crippen LogP contribution in [0.25, 0.3) is 0 Å². The maximum Gasteiger partial charge on any atom is 0.302 e. The molecule has 3 heteroatoms. The average molecular weight is 186 g/mol. The predicted molar refractivity (Wildman–Crippen MR) is 49.2 cm³/mol. The Balaban J connectivity index is 2.20. The molecule has 1 aliphatic carbocycles. The van der Waals surface area contributed by atoms with Gasteiger partial charge in [-0.3, -0.25) is 4.79 Å². The Morgan fingerprint density at radius 2 is 2.08 bits per heavy atom. The Morgan fingerprint density at radius 3 is 2.62 bits per heavy atom. The third-order valence-corrected chi connectivity index (χ3v) is 2.65. The summed E-state index contributed by atoms with van der Waals surface area (Å²) in [6.45, 7) is 1.54. The molecule has 76 valence electrons. The third-order valence-electron chi connectivity index (χ3n) is 2.65. The fourth-order valence-electron chi connectivity index (χ4n) is 1.86. The second-order valence-corrected chi connectivity index (χ2v) is 3.77. The molecule has 0 radical (unpaired) electrons. The van der Waals surface area contributed by atoms with Crippen molar-refractivity contribution in [2.45, 2.75) is 45.1 Å². The van der Waals surface area contributed by atoms with Crippen LogP contribution in [0.5, 0.6) is 0 Å². The van der Waals surface area contributed by atoms with Crippen molar-refractivity contribution in [3.8, 4) is 0 Å². The Bertz CT molecular complexity index is 162. The van der Waals surface area contributed by atoms with Gasteiger partial charge in [0.2, 0.25) is 0 Å². The number of carbonyl (C=O) groups is 1. The molecular weight excluding hydrogens is 168 g/mol. The van der Waals surface area contributed by atoms with E-state index in [1.165, 1.54) is 26.2 Å². The van der Waals surface area contributed by atoms with Gasteiger partial charge in [-0.15, -0.1) is 0 Å². The summed E-state index contributed by atoms with van der Waals surface area (Å²) >= 11 is 0. The van der Waals surface area contributed by atoms with Gasteiger partial charge in [0.05, 0.1) is 6.10 Å². The quantitative estimate of drug-likeness (QED) is 0.679. The molecule has 0 amide bonds. The monoisotopic (exact) mass is 186 g/mol. The van der Waals surface area contributed by atoms with Gasteiger partial charge in [-0.1, -0.05) is 19.3 Å². The summed E-state index contributed by atoms with van der Waals surface area (Å²) in [5, 5.41) is 9.65. The van der Waals surface area contributed by atoms with Gasteiger partial charge >= 0.3 is 5.97 Å². The molecule has 1 N–H and O–H groups in total. The Hall–Kier alpha value is -0.570. The summed E-state index contributed by atoms with van der Waals surface area (Å²) in [6, 6.07) is 0. The van der Waals surface area contributed by atoms with E-state index in [2.05, 4.69) is 0 Å². The Morgan fingerprint density at radius 1 is 1.46 bits per heavy atom. The highest BCUT2D eigenvalue weighted by Crippen LogP contribution is 2.26.